The molecule has 25 heavy (non-hydrogen) atoms. The largest absolute Gasteiger partial charge is 0.444 e. The van der Waals surface area contributed by atoms with Crippen molar-refractivity contribution < 1.29 is 28.5 Å². The topological polar surface area (TPSA) is 74.3 Å². The number of carbonyl (C=O) groups excluding carboxylic acids is 2. The number of ether oxygens (including phenoxy) is 4. The van der Waals surface area contributed by atoms with Gasteiger partial charge in [0.15, 0.2) is 5.79 Å². The van der Waals surface area contributed by atoms with Gasteiger partial charge in [-0.05, 0) is 40.5 Å². The monoisotopic (exact) mass is 357 g/mol. The molecule has 144 valence electrons. The Balaban J connectivity index is 2.05. The van der Waals surface area contributed by atoms with E-state index in [-0.39, 0.29) is 36.3 Å². The number of hydrogen-bond donors (Lipinski definition) is 0. The Morgan fingerprint density at radius 2 is 1.56 bits per heavy atom. The Bertz CT molecular complexity index is 482. The van der Waals surface area contributed by atoms with E-state index in [1.165, 1.54) is 14.2 Å². The first-order valence-electron chi connectivity index (χ1n) is 8.80. The van der Waals surface area contributed by atoms with Crippen molar-refractivity contribution in [2.24, 2.45) is 5.92 Å². The first-order valence-corrected chi connectivity index (χ1v) is 8.80. The van der Waals surface area contributed by atoms with Crippen LogP contribution in [0.1, 0.15) is 47.0 Å². The number of carbonyl (C=O) groups is 2. The standard InChI is InChI=1S/C18H31NO6/c1-17(2,3)25-16(21)19-13-7-12(8-14(19)11-24-10-13)15(20)9-18(4,22-5)23-6/h12-14H,7-11H2,1-6H3. The van der Waals surface area contributed by atoms with Crippen LogP contribution in [-0.2, 0) is 23.7 Å². The third kappa shape index (κ3) is 4.92. The molecule has 0 aromatic heterocycles. The quantitative estimate of drug-likeness (QED) is 0.703. The fraction of sp³-hybridized carbons (Fsp3) is 0.889. The summed E-state index contributed by atoms with van der Waals surface area (Å²) in [4.78, 5) is 27.0. The van der Waals surface area contributed by atoms with Gasteiger partial charge in [-0.15, -0.1) is 0 Å². The molecule has 0 aliphatic carbocycles. The fourth-order valence-corrected chi connectivity index (χ4v) is 3.48. The number of nitrogens with zero attached hydrogens (tertiary/aromatic N) is 1. The predicted molar refractivity (Wildman–Crippen MR) is 91.2 cm³/mol. The average molecular weight is 357 g/mol. The van der Waals surface area contributed by atoms with Crippen molar-refractivity contribution in [2.45, 2.75) is 70.4 Å². The maximum Gasteiger partial charge on any atom is 0.410 e. The van der Waals surface area contributed by atoms with Gasteiger partial charge in [0.2, 0.25) is 0 Å². The van der Waals surface area contributed by atoms with Crippen LogP contribution in [0.5, 0.6) is 0 Å². The molecule has 2 rings (SSSR count). The Labute approximate surface area is 149 Å². The lowest BCUT2D eigenvalue weighted by Gasteiger charge is -2.48. The smallest absolute Gasteiger partial charge is 0.410 e. The Morgan fingerprint density at radius 3 is 2.00 bits per heavy atom. The first-order chi connectivity index (χ1) is 11.6. The molecule has 0 aromatic rings. The van der Waals surface area contributed by atoms with Gasteiger partial charge in [0.1, 0.15) is 11.4 Å². The highest BCUT2D eigenvalue weighted by Crippen LogP contribution is 2.35. The molecule has 2 atom stereocenters. The van der Waals surface area contributed by atoms with Crippen molar-refractivity contribution in [1.29, 1.82) is 0 Å². The molecule has 7 nitrogen and oxygen atoms in total. The summed E-state index contributed by atoms with van der Waals surface area (Å²) >= 11 is 0. The lowest BCUT2D eigenvalue weighted by molar-refractivity contribution is -0.200. The summed E-state index contributed by atoms with van der Waals surface area (Å²) < 4.78 is 21.7. The van der Waals surface area contributed by atoms with Crippen LogP contribution in [0.2, 0.25) is 0 Å². The second-order valence-electron chi connectivity index (χ2n) is 8.09. The molecule has 2 unspecified atom stereocenters. The molecule has 1 amide bonds. The minimum absolute atomic E-state index is 0.104. The van der Waals surface area contributed by atoms with Gasteiger partial charge < -0.3 is 18.9 Å². The van der Waals surface area contributed by atoms with E-state index in [1.54, 1.807) is 11.8 Å². The highest BCUT2D eigenvalue weighted by molar-refractivity contribution is 5.82. The van der Waals surface area contributed by atoms with Crippen molar-refractivity contribution in [3.05, 3.63) is 0 Å². The van der Waals surface area contributed by atoms with E-state index in [9.17, 15) is 9.59 Å². The Hall–Kier alpha value is -1.18. The van der Waals surface area contributed by atoms with Crippen LogP contribution in [0.25, 0.3) is 0 Å². The van der Waals surface area contributed by atoms with E-state index in [0.717, 1.165) is 0 Å². The molecule has 0 radical (unpaired) electrons. The van der Waals surface area contributed by atoms with Crippen molar-refractivity contribution in [2.75, 3.05) is 27.4 Å². The van der Waals surface area contributed by atoms with Crippen molar-refractivity contribution in [1.82, 2.24) is 4.90 Å². The number of Topliss-reactive ketones (excluding diaryl/α,β-unsaturated/α-hetero) is 1. The molecule has 2 aliphatic rings. The van der Waals surface area contributed by atoms with Gasteiger partial charge in [0.25, 0.3) is 0 Å². The maximum absolute atomic E-state index is 12.7. The van der Waals surface area contributed by atoms with Gasteiger partial charge in [-0.3, -0.25) is 9.69 Å². The van der Waals surface area contributed by atoms with E-state index < -0.39 is 11.4 Å². The summed E-state index contributed by atoms with van der Waals surface area (Å²) in [6.07, 6.45) is 1.03. The summed E-state index contributed by atoms with van der Waals surface area (Å²) in [5, 5.41) is 0. The molecule has 2 heterocycles. The van der Waals surface area contributed by atoms with Gasteiger partial charge in [0.05, 0.1) is 31.7 Å². The summed E-state index contributed by atoms with van der Waals surface area (Å²) in [7, 11) is 3.06. The van der Waals surface area contributed by atoms with Crippen LogP contribution in [0, 0.1) is 5.92 Å². The summed E-state index contributed by atoms with van der Waals surface area (Å²) in [6, 6.07) is -0.264. The molecule has 0 aromatic carbocycles. The van der Waals surface area contributed by atoms with Crippen molar-refractivity contribution in [3.63, 3.8) is 0 Å². The minimum Gasteiger partial charge on any atom is -0.444 e. The maximum atomic E-state index is 12.7. The van der Waals surface area contributed by atoms with E-state index >= 15 is 0 Å². The van der Waals surface area contributed by atoms with Crippen LogP contribution in [0.4, 0.5) is 4.79 Å². The lowest BCUT2D eigenvalue weighted by atomic mass is 9.81. The second-order valence-corrected chi connectivity index (χ2v) is 8.09. The second kappa shape index (κ2) is 7.60. The number of amides is 1. The molecule has 2 bridgehead atoms. The number of ketones is 1. The molecular weight excluding hydrogens is 326 g/mol. The van der Waals surface area contributed by atoms with E-state index in [1.807, 2.05) is 20.8 Å². The summed E-state index contributed by atoms with van der Waals surface area (Å²) in [6.45, 7) is 8.18. The predicted octanol–water partition coefficient (Wildman–Crippen LogP) is 2.37. The minimum atomic E-state index is -0.912. The van der Waals surface area contributed by atoms with Gasteiger partial charge >= 0.3 is 6.09 Å². The number of hydrogen-bond acceptors (Lipinski definition) is 6. The zero-order valence-corrected chi connectivity index (χ0v) is 16.2. The zero-order chi connectivity index (χ0) is 18.8. The van der Waals surface area contributed by atoms with E-state index in [2.05, 4.69) is 0 Å². The SMILES string of the molecule is COC(C)(CC(=O)C1CC2COCC(C1)N2C(=O)OC(C)(C)C)OC. The molecule has 0 saturated carbocycles. The molecule has 2 saturated heterocycles. The molecule has 0 spiro atoms. The Morgan fingerprint density at radius 1 is 1.04 bits per heavy atom. The highest BCUT2D eigenvalue weighted by atomic mass is 16.7. The number of methoxy groups -OCH3 is 2. The van der Waals surface area contributed by atoms with Gasteiger partial charge in [-0.2, -0.15) is 0 Å². The van der Waals surface area contributed by atoms with E-state index in [4.69, 9.17) is 18.9 Å². The highest BCUT2D eigenvalue weighted by Gasteiger charge is 2.45. The average Bonchev–Trinajstić information content (AvgIpc) is 2.51. The third-order valence-corrected chi connectivity index (χ3v) is 4.94. The van der Waals surface area contributed by atoms with Crippen molar-refractivity contribution >= 4 is 11.9 Å². The van der Waals surface area contributed by atoms with Crippen molar-refractivity contribution in [3.8, 4) is 0 Å². The van der Waals surface area contributed by atoms with Crippen LogP contribution < -0.4 is 0 Å². The molecule has 2 aliphatic heterocycles. The Kier molecular flexibility index (Phi) is 6.12. The van der Waals surface area contributed by atoms with Crippen LogP contribution >= 0.6 is 0 Å². The number of fused-ring (bicyclic) bond motifs is 2. The summed E-state index contributed by atoms with van der Waals surface area (Å²) in [5.74, 6) is -0.931. The van der Waals surface area contributed by atoms with E-state index in [0.29, 0.717) is 26.1 Å². The molecule has 0 N–H and O–H groups in total. The third-order valence-electron chi connectivity index (χ3n) is 4.94. The van der Waals surface area contributed by atoms with Gasteiger partial charge in [-0.25, -0.2) is 4.79 Å². The van der Waals surface area contributed by atoms with Crippen LogP contribution in [-0.4, -0.2) is 67.7 Å². The number of rotatable bonds is 5. The van der Waals surface area contributed by atoms with Gasteiger partial charge in [0, 0.05) is 20.1 Å². The zero-order valence-electron chi connectivity index (χ0n) is 16.2. The number of piperidine rings is 1. The molecular formula is C18H31NO6. The molecule has 2 fully saturated rings. The summed E-state index contributed by atoms with van der Waals surface area (Å²) in [5.41, 5.74) is -0.544. The van der Waals surface area contributed by atoms with Crippen LogP contribution in [0.3, 0.4) is 0 Å². The first kappa shape index (κ1) is 20.1. The lowest BCUT2D eigenvalue weighted by Crippen LogP contribution is -2.60. The fourth-order valence-electron chi connectivity index (χ4n) is 3.48. The van der Waals surface area contributed by atoms with Gasteiger partial charge in [-0.1, -0.05) is 0 Å². The van der Waals surface area contributed by atoms with Crippen LogP contribution in [0.15, 0.2) is 0 Å². The normalized spacial score (nSPS) is 27.1. The molecule has 7 heteroatoms. The number of morpholine rings is 1.